The summed E-state index contributed by atoms with van der Waals surface area (Å²) in [6, 6.07) is 9.19. The fourth-order valence-electron chi connectivity index (χ4n) is 1.80. The van der Waals surface area contributed by atoms with Crippen LogP contribution in [0.15, 0.2) is 48.3 Å². The van der Waals surface area contributed by atoms with Crippen molar-refractivity contribution in [3.63, 3.8) is 0 Å². The summed E-state index contributed by atoms with van der Waals surface area (Å²) in [5.41, 5.74) is 1.29. The molecule has 0 aliphatic carbocycles. The zero-order chi connectivity index (χ0) is 15.2. The van der Waals surface area contributed by atoms with Gasteiger partial charge >= 0.3 is 11.9 Å². The number of benzene rings is 1. The molecule has 2 rings (SSSR count). The molecule has 1 heterocycles. The summed E-state index contributed by atoms with van der Waals surface area (Å²) in [6.45, 7) is 0. The number of ether oxygens (including phenoxy) is 2. The van der Waals surface area contributed by atoms with E-state index in [1.807, 2.05) is 24.3 Å². The van der Waals surface area contributed by atoms with Crippen molar-refractivity contribution in [1.29, 1.82) is 0 Å². The number of carbonyl (C=O) groups excluding carboxylic acids is 2. The topological polar surface area (TPSA) is 77.5 Å². The summed E-state index contributed by atoms with van der Waals surface area (Å²) in [5, 5.41) is 3.78. The summed E-state index contributed by atoms with van der Waals surface area (Å²) >= 11 is 0. The Morgan fingerprint density at radius 3 is 2.48 bits per heavy atom. The van der Waals surface area contributed by atoms with Gasteiger partial charge in [0.15, 0.2) is 5.57 Å². The van der Waals surface area contributed by atoms with Gasteiger partial charge in [0.1, 0.15) is 0 Å². The van der Waals surface area contributed by atoms with Gasteiger partial charge in [-0.2, -0.15) is 0 Å². The Hall–Kier alpha value is -2.89. The molecule has 0 radical (unpaired) electrons. The van der Waals surface area contributed by atoms with E-state index in [9.17, 15) is 9.59 Å². The number of aromatic nitrogens is 1. The van der Waals surface area contributed by atoms with Crippen LogP contribution in [0.5, 0.6) is 0 Å². The van der Waals surface area contributed by atoms with Gasteiger partial charge in [-0.15, -0.1) is 0 Å². The number of esters is 2. The molecule has 0 atom stereocenters. The first-order valence-corrected chi connectivity index (χ1v) is 6.14. The number of hydrogen-bond donors (Lipinski definition) is 1. The lowest BCUT2D eigenvalue weighted by Gasteiger charge is -2.07. The number of nitrogens with one attached hydrogen (secondary N) is 1. The summed E-state index contributed by atoms with van der Waals surface area (Å²) < 4.78 is 9.10. The lowest BCUT2D eigenvalue weighted by molar-refractivity contribution is -0.144. The zero-order valence-corrected chi connectivity index (χ0v) is 11.6. The van der Waals surface area contributed by atoms with E-state index in [2.05, 4.69) is 19.8 Å². The average molecular weight is 286 g/mol. The van der Waals surface area contributed by atoms with E-state index in [0.717, 1.165) is 10.9 Å². The van der Waals surface area contributed by atoms with E-state index in [0.29, 0.717) is 5.69 Å². The van der Waals surface area contributed by atoms with Gasteiger partial charge in [0.2, 0.25) is 0 Å². The SMILES string of the molecule is COC(=O)C(=CNc1cccc2ncccc12)C(=O)OC. The monoisotopic (exact) mass is 286 g/mol. The Bertz CT molecular complexity index is 686. The molecule has 0 aliphatic heterocycles. The molecule has 0 fully saturated rings. The molecule has 1 aromatic heterocycles. The van der Waals surface area contributed by atoms with Crippen molar-refractivity contribution < 1.29 is 19.1 Å². The molecule has 0 unspecified atom stereocenters. The smallest absolute Gasteiger partial charge is 0.346 e. The minimum absolute atomic E-state index is 0.221. The molecule has 0 spiro atoms. The van der Waals surface area contributed by atoms with Crippen LogP contribution in [0.2, 0.25) is 0 Å². The van der Waals surface area contributed by atoms with Crippen LogP contribution < -0.4 is 5.32 Å². The normalized spacial score (nSPS) is 9.81. The van der Waals surface area contributed by atoms with Gasteiger partial charge in [-0.1, -0.05) is 6.07 Å². The molecule has 0 aliphatic rings. The summed E-state index contributed by atoms with van der Waals surface area (Å²) in [7, 11) is 2.39. The fraction of sp³-hybridized carbons (Fsp3) is 0.133. The maximum atomic E-state index is 11.6. The molecule has 0 saturated heterocycles. The highest BCUT2D eigenvalue weighted by Crippen LogP contribution is 2.21. The molecule has 6 heteroatoms. The molecule has 0 saturated carbocycles. The van der Waals surface area contributed by atoms with Crippen molar-refractivity contribution in [2.45, 2.75) is 0 Å². The Morgan fingerprint density at radius 2 is 1.81 bits per heavy atom. The van der Waals surface area contributed by atoms with Crippen LogP contribution in [-0.2, 0) is 19.1 Å². The second-order valence-electron chi connectivity index (χ2n) is 4.06. The van der Waals surface area contributed by atoms with Crippen LogP contribution in [0.3, 0.4) is 0 Å². The summed E-state index contributed by atoms with van der Waals surface area (Å²) in [5.74, 6) is -1.54. The zero-order valence-electron chi connectivity index (χ0n) is 11.6. The third-order valence-electron chi connectivity index (χ3n) is 2.83. The van der Waals surface area contributed by atoms with E-state index < -0.39 is 11.9 Å². The van der Waals surface area contributed by atoms with Crippen LogP contribution in [0, 0.1) is 0 Å². The Kier molecular flexibility index (Phi) is 4.50. The van der Waals surface area contributed by atoms with Crippen molar-refractivity contribution in [2.75, 3.05) is 19.5 Å². The standard InChI is InChI=1S/C15H14N2O4/c1-20-14(18)11(15(19)21-2)9-17-13-7-3-6-12-10(13)5-4-8-16-12/h3-9,17H,1-2H3. The molecule has 1 N–H and O–H groups in total. The number of anilines is 1. The number of pyridine rings is 1. The largest absolute Gasteiger partial charge is 0.465 e. The Morgan fingerprint density at radius 1 is 1.10 bits per heavy atom. The number of carbonyl (C=O) groups is 2. The van der Waals surface area contributed by atoms with E-state index in [4.69, 9.17) is 0 Å². The molecule has 1 aromatic carbocycles. The van der Waals surface area contributed by atoms with E-state index in [1.54, 1.807) is 12.3 Å². The fourth-order valence-corrected chi connectivity index (χ4v) is 1.80. The number of rotatable bonds is 4. The third kappa shape index (κ3) is 3.17. The molecule has 21 heavy (non-hydrogen) atoms. The van der Waals surface area contributed by atoms with Gasteiger partial charge in [-0.05, 0) is 24.3 Å². The van der Waals surface area contributed by atoms with E-state index >= 15 is 0 Å². The first-order chi connectivity index (χ1) is 10.2. The highest BCUT2D eigenvalue weighted by molar-refractivity contribution is 6.14. The molecule has 0 amide bonds. The van der Waals surface area contributed by atoms with Crippen LogP contribution in [0.4, 0.5) is 5.69 Å². The Labute approximate surface area is 121 Å². The van der Waals surface area contributed by atoms with Crippen LogP contribution in [0.25, 0.3) is 10.9 Å². The Balaban J connectivity index is 2.36. The first kappa shape index (κ1) is 14.5. The van der Waals surface area contributed by atoms with Gasteiger partial charge in [-0.25, -0.2) is 9.59 Å². The van der Waals surface area contributed by atoms with Gasteiger partial charge in [-0.3, -0.25) is 4.98 Å². The number of nitrogens with zero attached hydrogens (tertiary/aromatic N) is 1. The summed E-state index contributed by atoms with van der Waals surface area (Å²) in [4.78, 5) is 27.3. The predicted molar refractivity (Wildman–Crippen MR) is 77.5 cm³/mol. The molecule has 2 aromatic rings. The van der Waals surface area contributed by atoms with Crippen molar-refractivity contribution in [2.24, 2.45) is 0 Å². The van der Waals surface area contributed by atoms with Gasteiger partial charge in [0.25, 0.3) is 0 Å². The van der Waals surface area contributed by atoms with Crippen LogP contribution in [0.1, 0.15) is 0 Å². The molecule has 0 bridgehead atoms. The quantitative estimate of drug-likeness (QED) is 0.400. The van der Waals surface area contributed by atoms with E-state index in [1.165, 1.54) is 20.4 Å². The summed E-state index contributed by atoms with van der Waals surface area (Å²) in [6.07, 6.45) is 2.95. The minimum Gasteiger partial charge on any atom is -0.465 e. The molecular formula is C15H14N2O4. The number of hydrogen-bond acceptors (Lipinski definition) is 6. The number of fused-ring (bicyclic) bond motifs is 1. The van der Waals surface area contributed by atoms with Crippen molar-refractivity contribution in [3.05, 3.63) is 48.3 Å². The lowest BCUT2D eigenvalue weighted by Crippen LogP contribution is -2.17. The van der Waals surface area contributed by atoms with Crippen LogP contribution >= 0.6 is 0 Å². The van der Waals surface area contributed by atoms with Crippen molar-refractivity contribution in [1.82, 2.24) is 4.98 Å². The molecule has 108 valence electrons. The third-order valence-corrected chi connectivity index (χ3v) is 2.83. The maximum absolute atomic E-state index is 11.6. The lowest BCUT2D eigenvalue weighted by atomic mass is 10.2. The van der Waals surface area contributed by atoms with Crippen LogP contribution in [-0.4, -0.2) is 31.1 Å². The second kappa shape index (κ2) is 6.51. The minimum atomic E-state index is -0.771. The maximum Gasteiger partial charge on any atom is 0.346 e. The molecule has 6 nitrogen and oxygen atoms in total. The average Bonchev–Trinajstić information content (AvgIpc) is 2.54. The number of methoxy groups -OCH3 is 2. The first-order valence-electron chi connectivity index (χ1n) is 6.14. The second-order valence-corrected chi connectivity index (χ2v) is 4.06. The van der Waals surface area contributed by atoms with Crippen molar-refractivity contribution >= 4 is 28.5 Å². The molecular weight excluding hydrogens is 272 g/mol. The van der Waals surface area contributed by atoms with Crippen molar-refractivity contribution in [3.8, 4) is 0 Å². The van der Waals surface area contributed by atoms with E-state index in [-0.39, 0.29) is 5.57 Å². The van der Waals surface area contributed by atoms with Gasteiger partial charge < -0.3 is 14.8 Å². The predicted octanol–water partition coefficient (Wildman–Crippen LogP) is 1.88. The van der Waals surface area contributed by atoms with Gasteiger partial charge in [0, 0.05) is 23.5 Å². The van der Waals surface area contributed by atoms with Gasteiger partial charge in [0.05, 0.1) is 19.7 Å². The highest BCUT2D eigenvalue weighted by atomic mass is 16.5. The highest BCUT2D eigenvalue weighted by Gasteiger charge is 2.19.